The Bertz CT molecular complexity index is 605. The first-order chi connectivity index (χ1) is 9.70. The average molecular weight is 351 g/mol. The van der Waals surface area contributed by atoms with Crippen molar-refractivity contribution in [3.63, 3.8) is 0 Å². The molecule has 0 radical (unpaired) electrons. The zero-order chi connectivity index (χ0) is 13.9. The van der Waals surface area contributed by atoms with Gasteiger partial charge in [-0.2, -0.15) is 0 Å². The Hall–Kier alpha value is -1.33. The lowest BCUT2D eigenvalue weighted by molar-refractivity contribution is 0.0951. The lowest BCUT2D eigenvalue weighted by Gasteiger charge is -2.07. The Labute approximate surface area is 130 Å². The highest BCUT2D eigenvalue weighted by Crippen LogP contribution is 2.22. The summed E-state index contributed by atoms with van der Waals surface area (Å²) < 4.78 is 1.14. The largest absolute Gasteiger partial charge is 0.381 e. The number of benzene rings is 1. The molecule has 0 aliphatic heterocycles. The molecule has 0 unspecified atom stereocenters. The van der Waals surface area contributed by atoms with Crippen LogP contribution in [0.3, 0.4) is 0 Å². The number of thiophene rings is 1. The van der Waals surface area contributed by atoms with Gasteiger partial charge in [-0.3, -0.25) is 4.79 Å². The second kappa shape index (κ2) is 5.97. The van der Waals surface area contributed by atoms with Gasteiger partial charge in [-0.05, 0) is 70.0 Å². The molecule has 0 atom stereocenters. The van der Waals surface area contributed by atoms with Crippen LogP contribution in [0, 0.1) is 0 Å². The van der Waals surface area contributed by atoms with Crippen LogP contribution in [0.15, 0.2) is 39.5 Å². The van der Waals surface area contributed by atoms with Crippen molar-refractivity contribution in [2.45, 2.75) is 25.4 Å². The number of carbonyl (C=O) groups excluding carboxylic acids is 1. The van der Waals surface area contributed by atoms with E-state index in [9.17, 15) is 4.79 Å². The molecule has 1 heterocycles. The molecule has 3 nitrogen and oxygen atoms in total. The van der Waals surface area contributed by atoms with Crippen LogP contribution in [0.4, 0.5) is 5.69 Å². The van der Waals surface area contributed by atoms with Crippen molar-refractivity contribution in [2.75, 3.05) is 5.32 Å². The summed E-state index contributed by atoms with van der Waals surface area (Å²) in [5, 5.41) is 8.45. The second-order valence-corrected chi connectivity index (χ2v) is 7.23. The van der Waals surface area contributed by atoms with Gasteiger partial charge in [0.05, 0.1) is 3.79 Å². The first kappa shape index (κ1) is 13.6. The van der Waals surface area contributed by atoms with Crippen molar-refractivity contribution in [1.82, 2.24) is 5.32 Å². The first-order valence-electron chi connectivity index (χ1n) is 6.58. The highest BCUT2D eigenvalue weighted by Gasteiger charge is 2.23. The van der Waals surface area contributed by atoms with Gasteiger partial charge < -0.3 is 10.6 Å². The molecule has 5 heteroatoms. The fourth-order valence-electron chi connectivity index (χ4n) is 1.88. The molecule has 2 N–H and O–H groups in total. The van der Waals surface area contributed by atoms with Gasteiger partial charge in [-0.1, -0.05) is 0 Å². The maximum Gasteiger partial charge on any atom is 0.251 e. The Morgan fingerprint density at radius 3 is 2.65 bits per heavy atom. The normalized spacial score (nSPS) is 14.1. The van der Waals surface area contributed by atoms with Gasteiger partial charge in [0, 0.05) is 23.8 Å². The smallest absolute Gasteiger partial charge is 0.251 e. The second-order valence-electron chi connectivity index (χ2n) is 4.94. The number of anilines is 1. The van der Waals surface area contributed by atoms with E-state index >= 15 is 0 Å². The van der Waals surface area contributed by atoms with Crippen LogP contribution < -0.4 is 10.6 Å². The van der Waals surface area contributed by atoms with Crippen LogP contribution in [0.25, 0.3) is 0 Å². The summed E-state index contributed by atoms with van der Waals surface area (Å²) in [6.45, 7) is 0.787. The van der Waals surface area contributed by atoms with E-state index in [0.29, 0.717) is 6.04 Å². The number of rotatable bonds is 5. The van der Waals surface area contributed by atoms with E-state index < -0.39 is 0 Å². The Balaban J connectivity index is 1.56. The molecule has 1 amide bonds. The summed E-state index contributed by atoms with van der Waals surface area (Å²) in [7, 11) is 0. The van der Waals surface area contributed by atoms with Crippen LogP contribution in [-0.4, -0.2) is 11.9 Å². The summed E-state index contributed by atoms with van der Waals surface area (Å²) in [5.41, 5.74) is 2.99. The minimum Gasteiger partial charge on any atom is -0.381 e. The lowest BCUT2D eigenvalue weighted by atomic mass is 10.2. The molecule has 1 aliphatic carbocycles. The molecule has 2 aromatic rings. The molecule has 1 aromatic heterocycles. The number of carbonyl (C=O) groups is 1. The van der Waals surface area contributed by atoms with Gasteiger partial charge in [-0.25, -0.2) is 0 Å². The van der Waals surface area contributed by atoms with Gasteiger partial charge in [0.1, 0.15) is 0 Å². The standard InChI is InChI=1S/C15H15BrN2OS/c16-14-7-10(9-20-14)8-17-12-3-1-11(2-4-12)15(19)18-13-5-6-13/h1-4,7,9,13,17H,5-6,8H2,(H,18,19). The number of halogens is 1. The maximum absolute atomic E-state index is 11.9. The third-order valence-electron chi connectivity index (χ3n) is 3.18. The van der Waals surface area contributed by atoms with Gasteiger partial charge in [0.25, 0.3) is 5.91 Å². The van der Waals surface area contributed by atoms with Crippen LogP contribution in [-0.2, 0) is 6.54 Å². The molecule has 0 spiro atoms. The summed E-state index contributed by atoms with van der Waals surface area (Å²) in [4.78, 5) is 11.9. The number of nitrogens with one attached hydrogen (secondary N) is 2. The molecule has 20 heavy (non-hydrogen) atoms. The summed E-state index contributed by atoms with van der Waals surface area (Å²) in [6, 6.07) is 10.1. The SMILES string of the molecule is O=C(NC1CC1)c1ccc(NCc2csc(Br)c2)cc1. The molecule has 1 aliphatic rings. The minimum atomic E-state index is 0.0285. The van der Waals surface area contributed by atoms with Crippen molar-refractivity contribution in [3.8, 4) is 0 Å². The third kappa shape index (κ3) is 3.61. The van der Waals surface area contributed by atoms with Gasteiger partial charge in [0.2, 0.25) is 0 Å². The predicted molar refractivity (Wildman–Crippen MR) is 86.3 cm³/mol. The van der Waals surface area contributed by atoms with E-state index in [4.69, 9.17) is 0 Å². The van der Waals surface area contributed by atoms with Gasteiger partial charge >= 0.3 is 0 Å². The first-order valence-corrected chi connectivity index (χ1v) is 8.26. The topological polar surface area (TPSA) is 41.1 Å². The molecule has 1 fully saturated rings. The number of hydrogen-bond donors (Lipinski definition) is 2. The molecular formula is C15H15BrN2OS. The van der Waals surface area contributed by atoms with Gasteiger partial charge in [0.15, 0.2) is 0 Å². The average Bonchev–Trinajstić information content (AvgIpc) is 3.17. The molecule has 1 saturated carbocycles. The van der Waals surface area contributed by atoms with Crippen molar-refractivity contribution in [2.24, 2.45) is 0 Å². The van der Waals surface area contributed by atoms with E-state index in [1.54, 1.807) is 11.3 Å². The fraction of sp³-hybridized carbons (Fsp3) is 0.267. The van der Waals surface area contributed by atoms with Crippen LogP contribution >= 0.6 is 27.3 Å². The van der Waals surface area contributed by atoms with E-state index in [1.165, 1.54) is 5.56 Å². The molecule has 0 bridgehead atoms. The molecule has 1 aromatic carbocycles. The summed E-state index contributed by atoms with van der Waals surface area (Å²) in [6.07, 6.45) is 2.23. The van der Waals surface area contributed by atoms with Crippen molar-refractivity contribution in [3.05, 3.63) is 50.6 Å². The molecule has 0 saturated heterocycles. The van der Waals surface area contributed by atoms with Crippen molar-refractivity contribution >= 4 is 38.9 Å². The molecule has 3 rings (SSSR count). The Kier molecular flexibility index (Phi) is 4.08. The van der Waals surface area contributed by atoms with Crippen LogP contribution in [0.5, 0.6) is 0 Å². The molecule has 104 valence electrons. The quantitative estimate of drug-likeness (QED) is 0.855. The Morgan fingerprint density at radius 2 is 2.05 bits per heavy atom. The Morgan fingerprint density at radius 1 is 1.30 bits per heavy atom. The maximum atomic E-state index is 11.9. The van der Waals surface area contributed by atoms with E-state index in [-0.39, 0.29) is 5.91 Å². The van der Waals surface area contributed by atoms with Crippen molar-refractivity contribution < 1.29 is 4.79 Å². The van der Waals surface area contributed by atoms with Crippen molar-refractivity contribution in [1.29, 1.82) is 0 Å². The number of amides is 1. The third-order valence-corrected chi connectivity index (χ3v) is 4.73. The van der Waals surface area contributed by atoms with Gasteiger partial charge in [-0.15, -0.1) is 11.3 Å². The monoisotopic (exact) mass is 350 g/mol. The molecular weight excluding hydrogens is 336 g/mol. The van der Waals surface area contributed by atoms with E-state index in [0.717, 1.165) is 34.4 Å². The zero-order valence-corrected chi connectivity index (χ0v) is 13.3. The zero-order valence-electron chi connectivity index (χ0n) is 10.9. The highest BCUT2D eigenvalue weighted by molar-refractivity contribution is 9.11. The van der Waals surface area contributed by atoms with Crippen LogP contribution in [0.1, 0.15) is 28.8 Å². The highest BCUT2D eigenvalue weighted by atomic mass is 79.9. The van der Waals surface area contributed by atoms with E-state index in [2.05, 4.69) is 38.0 Å². The lowest BCUT2D eigenvalue weighted by Crippen LogP contribution is -2.25. The predicted octanol–water partition coefficient (Wildman–Crippen LogP) is 4.01. The van der Waals surface area contributed by atoms with E-state index in [1.807, 2.05) is 24.3 Å². The fourth-order valence-corrected chi connectivity index (χ4v) is 3.09. The summed E-state index contributed by atoms with van der Waals surface area (Å²) >= 11 is 5.14. The summed E-state index contributed by atoms with van der Waals surface area (Å²) in [5.74, 6) is 0.0285. The number of hydrogen-bond acceptors (Lipinski definition) is 3. The van der Waals surface area contributed by atoms with Crippen LogP contribution in [0.2, 0.25) is 0 Å². The minimum absolute atomic E-state index is 0.0285.